The van der Waals surface area contributed by atoms with E-state index in [1.165, 1.54) is 0 Å². The van der Waals surface area contributed by atoms with Crippen LogP contribution in [0.5, 0.6) is 0 Å². The largest absolute Gasteiger partial charge is 0.369 e. The SMILES string of the molecule is Cc1cc(CC(N)=O)ccc1N1CCCC1=O. The predicted molar refractivity (Wildman–Crippen MR) is 65.7 cm³/mol. The van der Waals surface area contributed by atoms with Crippen molar-refractivity contribution >= 4 is 17.5 Å². The molecule has 0 aromatic heterocycles. The van der Waals surface area contributed by atoms with Crippen molar-refractivity contribution in [3.8, 4) is 0 Å². The van der Waals surface area contributed by atoms with E-state index < -0.39 is 0 Å². The van der Waals surface area contributed by atoms with Crippen molar-refractivity contribution in [2.45, 2.75) is 26.2 Å². The normalized spacial score (nSPS) is 15.4. The molecule has 1 fully saturated rings. The first-order valence-corrected chi connectivity index (χ1v) is 5.76. The molecule has 2 N–H and O–H groups in total. The molecule has 1 aliphatic heterocycles. The standard InChI is InChI=1S/C13H16N2O2/c1-9-7-10(8-12(14)16)4-5-11(9)15-6-2-3-13(15)17/h4-5,7H,2-3,6,8H2,1H3,(H2,14,16). The minimum absolute atomic E-state index is 0.177. The second kappa shape index (κ2) is 4.57. The molecule has 0 spiro atoms. The molecule has 17 heavy (non-hydrogen) atoms. The van der Waals surface area contributed by atoms with Crippen LogP contribution < -0.4 is 10.6 Å². The minimum Gasteiger partial charge on any atom is -0.369 e. The van der Waals surface area contributed by atoms with Gasteiger partial charge < -0.3 is 10.6 Å². The zero-order valence-electron chi connectivity index (χ0n) is 9.90. The van der Waals surface area contributed by atoms with E-state index in [9.17, 15) is 9.59 Å². The Morgan fingerprint density at radius 1 is 1.47 bits per heavy atom. The van der Waals surface area contributed by atoms with Crippen LogP contribution in [0, 0.1) is 6.92 Å². The van der Waals surface area contributed by atoms with E-state index in [0.29, 0.717) is 6.42 Å². The number of carbonyl (C=O) groups excluding carboxylic acids is 2. The van der Waals surface area contributed by atoms with Gasteiger partial charge >= 0.3 is 0 Å². The first-order chi connectivity index (χ1) is 8.08. The molecule has 1 saturated heterocycles. The van der Waals surface area contributed by atoms with Gasteiger partial charge in [-0.25, -0.2) is 0 Å². The first-order valence-electron chi connectivity index (χ1n) is 5.76. The van der Waals surface area contributed by atoms with Crippen LogP contribution in [0.4, 0.5) is 5.69 Å². The average Bonchev–Trinajstić information content (AvgIpc) is 2.64. The van der Waals surface area contributed by atoms with Crippen molar-refractivity contribution in [2.75, 3.05) is 11.4 Å². The average molecular weight is 232 g/mol. The maximum Gasteiger partial charge on any atom is 0.227 e. The predicted octanol–water partition coefficient (Wildman–Crippen LogP) is 1.15. The Balaban J connectivity index is 2.25. The number of primary amides is 1. The Hall–Kier alpha value is -1.84. The van der Waals surface area contributed by atoms with Gasteiger partial charge in [-0.05, 0) is 30.5 Å². The molecule has 1 aliphatic rings. The number of rotatable bonds is 3. The topological polar surface area (TPSA) is 63.4 Å². The summed E-state index contributed by atoms with van der Waals surface area (Å²) in [5.41, 5.74) is 8.01. The smallest absolute Gasteiger partial charge is 0.227 e. The molecule has 0 saturated carbocycles. The summed E-state index contributed by atoms with van der Waals surface area (Å²) < 4.78 is 0. The van der Waals surface area contributed by atoms with E-state index in [2.05, 4.69) is 0 Å². The van der Waals surface area contributed by atoms with Crippen molar-refractivity contribution in [3.63, 3.8) is 0 Å². The Kier molecular flexibility index (Phi) is 3.13. The van der Waals surface area contributed by atoms with Crippen molar-refractivity contribution in [2.24, 2.45) is 5.73 Å². The number of amides is 2. The number of hydrogen-bond donors (Lipinski definition) is 1. The second-order valence-electron chi connectivity index (χ2n) is 4.41. The van der Waals surface area contributed by atoms with E-state index in [-0.39, 0.29) is 18.2 Å². The van der Waals surface area contributed by atoms with Gasteiger partial charge in [0.25, 0.3) is 0 Å². The van der Waals surface area contributed by atoms with Crippen LogP contribution >= 0.6 is 0 Å². The first kappa shape index (κ1) is 11.6. The number of anilines is 1. The van der Waals surface area contributed by atoms with Gasteiger partial charge in [0.05, 0.1) is 6.42 Å². The Bertz CT molecular complexity index is 468. The van der Waals surface area contributed by atoms with Crippen molar-refractivity contribution < 1.29 is 9.59 Å². The fraction of sp³-hybridized carbons (Fsp3) is 0.385. The molecule has 0 atom stereocenters. The van der Waals surface area contributed by atoms with Gasteiger partial charge in [-0.15, -0.1) is 0 Å². The highest BCUT2D eigenvalue weighted by atomic mass is 16.2. The Morgan fingerprint density at radius 3 is 2.76 bits per heavy atom. The second-order valence-corrected chi connectivity index (χ2v) is 4.41. The number of carbonyl (C=O) groups is 2. The lowest BCUT2D eigenvalue weighted by Crippen LogP contribution is -2.24. The Labute approximate surface area is 100 Å². The summed E-state index contributed by atoms with van der Waals surface area (Å²) in [4.78, 5) is 24.3. The molecule has 4 nitrogen and oxygen atoms in total. The van der Waals surface area contributed by atoms with Crippen LogP contribution in [0.15, 0.2) is 18.2 Å². The highest BCUT2D eigenvalue weighted by Gasteiger charge is 2.22. The van der Waals surface area contributed by atoms with Gasteiger partial charge in [0.15, 0.2) is 0 Å². The number of nitrogens with zero attached hydrogens (tertiary/aromatic N) is 1. The third-order valence-corrected chi connectivity index (χ3v) is 3.00. The summed E-state index contributed by atoms with van der Waals surface area (Å²) in [5.74, 6) is -0.162. The number of hydrogen-bond acceptors (Lipinski definition) is 2. The lowest BCUT2D eigenvalue weighted by Gasteiger charge is -2.18. The fourth-order valence-electron chi connectivity index (χ4n) is 2.23. The maximum absolute atomic E-state index is 11.6. The molecule has 0 aliphatic carbocycles. The van der Waals surface area contributed by atoms with Crippen molar-refractivity contribution in [1.82, 2.24) is 0 Å². The van der Waals surface area contributed by atoms with Gasteiger partial charge in [0.2, 0.25) is 11.8 Å². The molecule has 2 rings (SSSR count). The Morgan fingerprint density at radius 2 is 2.24 bits per heavy atom. The van der Waals surface area contributed by atoms with Crippen molar-refractivity contribution in [3.05, 3.63) is 29.3 Å². The van der Waals surface area contributed by atoms with E-state index in [1.807, 2.05) is 30.0 Å². The number of nitrogens with two attached hydrogens (primary N) is 1. The molecule has 1 aromatic rings. The van der Waals surface area contributed by atoms with E-state index >= 15 is 0 Å². The lowest BCUT2D eigenvalue weighted by atomic mass is 10.1. The molecule has 90 valence electrons. The van der Waals surface area contributed by atoms with Gasteiger partial charge in [-0.2, -0.15) is 0 Å². The summed E-state index contributed by atoms with van der Waals surface area (Å²) >= 11 is 0. The molecule has 0 bridgehead atoms. The third kappa shape index (κ3) is 2.46. The highest BCUT2D eigenvalue weighted by molar-refractivity contribution is 5.96. The lowest BCUT2D eigenvalue weighted by molar-refractivity contribution is -0.118. The van der Waals surface area contributed by atoms with Gasteiger partial charge in [0.1, 0.15) is 0 Å². The van der Waals surface area contributed by atoms with Gasteiger partial charge in [0, 0.05) is 18.7 Å². The third-order valence-electron chi connectivity index (χ3n) is 3.00. The summed E-state index contributed by atoms with van der Waals surface area (Å²) in [7, 11) is 0. The van der Waals surface area contributed by atoms with E-state index in [4.69, 9.17) is 5.73 Å². The highest BCUT2D eigenvalue weighted by Crippen LogP contribution is 2.25. The van der Waals surface area contributed by atoms with Gasteiger partial charge in [-0.3, -0.25) is 9.59 Å². The minimum atomic E-state index is -0.339. The summed E-state index contributed by atoms with van der Waals surface area (Å²) in [6.07, 6.45) is 1.79. The molecule has 0 radical (unpaired) electrons. The quantitative estimate of drug-likeness (QED) is 0.849. The summed E-state index contributed by atoms with van der Waals surface area (Å²) in [6, 6.07) is 5.68. The van der Waals surface area contributed by atoms with E-state index in [1.54, 1.807) is 0 Å². The van der Waals surface area contributed by atoms with Crippen LogP contribution in [-0.2, 0) is 16.0 Å². The molecule has 0 unspecified atom stereocenters. The molecule has 1 aromatic carbocycles. The number of benzene rings is 1. The zero-order chi connectivity index (χ0) is 12.4. The van der Waals surface area contributed by atoms with Crippen LogP contribution in [-0.4, -0.2) is 18.4 Å². The molecule has 1 heterocycles. The van der Waals surface area contributed by atoms with Crippen LogP contribution in [0.1, 0.15) is 24.0 Å². The molecule has 4 heteroatoms. The molecular weight excluding hydrogens is 216 g/mol. The molecular formula is C13H16N2O2. The van der Waals surface area contributed by atoms with Crippen LogP contribution in [0.25, 0.3) is 0 Å². The maximum atomic E-state index is 11.6. The molecule has 2 amide bonds. The summed E-state index contributed by atoms with van der Waals surface area (Å²) in [5, 5.41) is 0. The van der Waals surface area contributed by atoms with Crippen LogP contribution in [0.3, 0.4) is 0 Å². The number of aryl methyl sites for hydroxylation is 1. The fourth-order valence-corrected chi connectivity index (χ4v) is 2.23. The van der Waals surface area contributed by atoms with Gasteiger partial charge in [-0.1, -0.05) is 12.1 Å². The zero-order valence-corrected chi connectivity index (χ0v) is 9.90. The monoisotopic (exact) mass is 232 g/mol. The summed E-state index contributed by atoms with van der Waals surface area (Å²) in [6.45, 7) is 2.74. The van der Waals surface area contributed by atoms with Crippen molar-refractivity contribution in [1.29, 1.82) is 0 Å². The van der Waals surface area contributed by atoms with E-state index in [0.717, 1.165) is 29.8 Å². The van der Waals surface area contributed by atoms with Crippen LogP contribution in [0.2, 0.25) is 0 Å².